The zero-order valence-corrected chi connectivity index (χ0v) is 13.9. The van der Waals surface area contributed by atoms with Gasteiger partial charge in [-0.15, -0.1) is 0 Å². The van der Waals surface area contributed by atoms with Crippen molar-refractivity contribution < 1.29 is 14.7 Å². The number of nitrogens with zero attached hydrogens (tertiary/aromatic N) is 2. The topological polar surface area (TPSA) is 84.2 Å². The third-order valence-electron chi connectivity index (χ3n) is 3.74. The first-order chi connectivity index (χ1) is 10.8. The minimum absolute atomic E-state index is 0.156. The van der Waals surface area contributed by atoms with E-state index in [1.54, 1.807) is 42.8 Å². The number of carboxylic acids is 1. The number of hydrogen-bond acceptors (Lipinski definition) is 3. The molecule has 0 saturated heterocycles. The number of carboxylic acid groups (broad SMARTS) is 1. The predicted molar refractivity (Wildman–Crippen MR) is 87.1 cm³/mol. The van der Waals surface area contributed by atoms with Crippen LogP contribution in [0, 0.1) is 6.92 Å². The molecule has 2 N–H and O–H groups in total. The van der Waals surface area contributed by atoms with Crippen LogP contribution in [-0.4, -0.2) is 32.3 Å². The number of aryl methyl sites for hydroxylation is 1. The van der Waals surface area contributed by atoms with Crippen LogP contribution in [0.5, 0.6) is 0 Å². The van der Waals surface area contributed by atoms with Crippen molar-refractivity contribution in [3.63, 3.8) is 0 Å². The lowest BCUT2D eigenvalue weighted by atomic mass is 9.99. The highest BCUT2D eigenvalue weighted by Crippen LogP contribution is 2.17. The van der Waals surface area contributed by atoms with Gasteiger partial charge in [-0.1, -0.05) is 24.6 Å². The van der Waals surface area contributed by atoms with Gasteiger partial charge in [-0.05, 0) is 44.5 Å². The molecule has 7 heteroatoms. The van der Waals surface area contributed by atoms with Crippen molar-refractivity contribution in [3.05, 3.63) is 46.7 Å². The van der Waals surface area contributed by atoms with Crippen LogP contribution in [0.25, 0.3) is 5.69 Å². The Labute approximate surface area is 139 Å². The molecule has 1 atom stereocenters. The van der Waals surface area contributed by atoms with E-state index in [2.05, 4.69) is 10.4 Å². The summed E-state index contributed by atoms with van der Waals surface area (Å²) >= 11 is 5.97. The Kier molecular flexibility index (Phi) is 4.75. The molecule has 2 aromatic rings. The number of hydrogen-bond donors (Lipinski definition) is 2. The summed E-state index contributed by atoms with van der Waals surface area (Å²) in [7, 11) is 0. The van der Waals surface area contributed by atoms with Gasteiger partial charge < -0.3 is 10.4 Å². The molecule has 122 valence electrons. The maximum absolute atomic E-state index is 12.3. The average molecular weight is 336 g/mol. The Hall–Kier alpha value is -2.34. The Balaban J connectivity index is 2.30. The molecule has 1 amide bonds. The fraction of sp³-hybridized carbons (Fsp3) is 0.312. The fourth-order valence-corrected chi connectivity index (χ4v) is 2.25. The summed E-state index contributed by atoms with van der Waals surface area (Å²) in [6.07, 6.45) is 0.266. The Morgan fingerprint density at radius 3 is 2.65 bits per heavy atom. The highest BCUT2D eigenvalue weighted by molar-refractivity contribution is 6.30. The number of carbonyl (C=O) groups excluding carboxylic acids is 1. The second-order valence-electron chi connectivity index (χ2n) is 5.51. The van der Waals surface area contributed by atoms with Crippen LogP contribution >= 0.6 is 11.6 Å². The highest BCUT2D eigenvalue weighted by atomic mass is 35.5. The first kappa shape index (κ1) is 17.0. The lowest BCUT2D eigenvalue weighted by Gasteiger charge is -2.23. The summed E-state index contributed by atoms with van der Waals surface area (Å²) in [4.78, 5) is 23.6. The third kappa shape index (κ3) is 3.53. The first-order valence-electron chi connectivity index (χ1n) is 7.15. The van der Waals surface area contributed by atoms with Gasteiger partial charge in [0.05, 0.1) is 5.69 Å². The second kappa shape index (κ2) is 6.42. The summed E-state index contributed by atoms with van der Waals surface area (Å²) in [6.45, 7) is 4.97. The predicted octanol–water partition coefficient (Wildman–Crippen LogP) is 2.82. The molecule has 0 bridgehead atoms. The fourth-order valence-electron chi connectivity index (χ4n) is 2.06. The number of carbonyl (C=O) groups is 2. The maximum atomic E-state index is 12.3. The second-order valence-corrected chi connectivity index (χ2v) is 5.94. The molecule has 6 nitrogen and oxygen atoms in total. The summed E-state index contributed by atoms with van der Waals surface area (Å²) in [6, 6.07) is 8.69. The molecule has 0 aliphatic heterocycles. The standard InChI is InChI=1S/C16H18ClN3O3/c1-4-16(3,15(22)23)18-14(21)13-8-10(2)20(19-13)12-7-5-6-11(17)9-12/h5-9H,4H2,1-3H3,(H,18,21)(H,22,23). The normalized spacial score (nSPS) is 13.4. The van der Waals surface area contributed by atoms with Gasteiger partial charge >= 0.3 is 5.97 Å². The van der Waals surface area contributed by atoms with Crippen molar-refractivity contribution in [3.8, 4) is 5.69 Å². The molecule has 0 aliphatic rings. The quantitative estimate of drug-likeness (QED) is 0.880. The molecule has 23 heavy (non-hydrogen) atoms. The van der Waals surface area contributed by atoms with Crippen LogP contribution in [0.15, 0.2) is 30.3 Å². The molecular formula is C16H18ClN3O3. The molecule has 0 spiro atoms. The van der Waals surface area contributed by atoms with Gasteiger partial charge in [0.2, 0.25) is 0 Å². The zero-order chi connectivity index (χ0) is 17.2. The summed E-state index contributed by atoms with van der Waals surface area (Å²) in [5.41, 5.74) is 0.296. The molecule has 1 unspecified atom stereocenters. The number of benzene rings is 1. The van der Waals surface area contributed by atoms with Gasteiger partial charge in [0.25, 0.3) is 5.91 Å². The van der Waals surface area contributed by atoms with Crippen molar-refractivity contribution in [2.75, 3.05) is 0 Å². The first-order valence-corrected chi connectivity index (χ1v) is 7.53. The van der Waals surface area contributed by atoms with Crippen molar-refractivity contribution >= 4 is 23.5 Å². The molecule has 2 rings (SSSR count). The van der Waals surface area contributed by atoms with E-state index >= 15 is 0 Å². The van der Waals surface area contributed by atoms with Gasteiger partial charge in [-0.3, -0.25) is 4.79 Å². The largest absolute Gasteiger partial charge is 0.480 e. The van der Waals surface area contributed by atoms with E-state index in [4.69, 9.17) is 11.6 Å². The summed E-state index contributed by atoms with van der Waals surface area (Å²) in [5.74, 6) is -1.61. The van der Waals surface area contributed by atoms with Crippen LogP contribution in [0.1, 0.15) is 36.5 Å². The van der Waals surface area contributed by atoms with Crippen LogP contribution in [0.2, 0.25) is 5.02 Å². The molecule has 1 aromatic heterocycles. The molecule has 0 saturated carbocycles. The van der Waals surface area contributed by atoms with Crippen molar-refractivity contribution in [2.45, 2.75) is 32.7 Å². The Morgan fingerprint density at radius 2 is 2.09 bits per heavy atom. The zero-order valence-electron chi connectivity index (χ0n) is 13.1. The Morgan fingerprint density at radius 1 is 1.39 bits per heavy atom. The van der Waals surface area contributed by atoms with Crippen molar-refractivity contribution in [1.82, 2.24) is 15.1 Å². The Bertz CT molecular complexity index is 757. The molecule has 0 fully saturated rings. The number of halogens is 1. The van der Waals surface area contributed by atoms with Crippen LogP contribution in [0.3, 0.4) is 0 Å². The van der Waals surface area contributed by atoms with Crippen LogP contribution < -0.4 is 5.32 Å². The van der Waals surface area contributed by atoms with E-state index in [-0.39, 0.29) is 12.1 Å². The van der Waals surface area contributed by atoms with Gasteiger partial charge in [0.1, 0.15) is 5.54 Å². The molecule has 1 heterocycles. The summed E-state index contributed by atoms with van der Waals surface area (Å²) < 4.78 is 1.59. The number of aliphatic carboxylic acids is 1. The number of nitrogens with one attached hydrogen (secondary N) is 1. The van der Waals surface area contributed by atoms with E-state index in [0.29, 0.717) is 5.02 Å². The molecular weight excluding hydrogens is 318 g/mol. The average Bonchev–Trinajstić information content (AvgIpc) is 2.89. The van der Waals surface area contributed by atoms with Crippen molar-refractivity contribution in [1.29, 1.82) is 0 Å². The smallest absolute Gasteiger partial charge is 0.329 e. The molecule has 0 radical (unpaired) electrons. The minimum atomic E-state index is -1.33. The van der Waals surface area contributed by atoms with E-state index < -0.39 is 17.4 Å². The van der Waals surface area contributed by atoms with Gasteiger partial charge in [-0.2, -0.15) is 5.10 Å². The SMILES string of the molecule is CCC(C)(NC(=O)c1cc(C)n(-c2cccc(Cl)c2)n1)C(=O)O. The van der Waals surface area contributed by atoms with Crippen LogP contribution in [0.4, 0.5) is 0 Å². The van der Waals surface area contributed by atoms with E-state index in [1.807, 2.05) is 6.07 Å². The van der Waals surface area contributed by atoms with E-state index in [0.717, 1.165) is 11.4 Å². The van der Waals surface area contributed by atoms with Gasteiger partial charge in [0, 0.05) is 10.7 Å². The monoisotopic (exact) mass is 335 g/mol. The van der Waals surface area contributed by atoms with Gasteiger partial charge in [-0.25, -0.2) is 9.48 Å². The number of amides is 1. The lowest BCUT2D eigenvalue weighted by molar-refractivity contribution is -0.143. The van der Waals surface area contributed by atoms with E-state index in [1.165, 1.54) is 6.92 Å². The number of aromatic nitrogens is 2. The van der Waals surface area contributed by atoms with Crippen molar-refractivity contribution in [2.24, 2.45) is 0 Å². The van der Waals surface area contributed by atoms with E-state index in [9.17, 15) is 14.7 Å². The van der Waals surface area contributed by atoms with Gasteiger partial charge in [0.15, 0.2) is 5.69 Å². The summed E-state index contributed by atoms with van der Waals surface area (Å²) in [5, 5.41) is 16.6. The molecule has 0 aliphatic carbocycles. The number of rotatable bonds is 5. The minimum Gasteiger partial charge on any atom is -0.480 e. The van der Waals surface area contributed by atoms with Crippen LogP contribution in [-0.2, 0) is 4.79 Å². The lowest BCUT2D eigenvalue weighted by Crippen LogP contribution is -2.51. The maximum Gasteiger partial charge on any atom is 0.329 e. The molecule has 1 aromatic carbocycles. The third-order valence-corrected chi connectivity index (χ3v) is 3.98. The highest BCUT2D eigenvalue weighted by Gasteiger charge is 2.33.